The molecule has 0 aromatic carbocycles. The number of nitrogens with zero attached hydrogens (tertiary/aromatic N) is 1. The molecular formula is C13H22N2S. The molecule has 16 heavy (non-hydrogen) atoms. The highest BCUT2D eigenvalue weighted by Crippen LogP contribution is 2.32. The van der Waals surface area contributed by atoms with Gasteiger partial charge in [-0.05, 0) is 25.7 Å². The molecule has 0 bridgehead atoms. The van der Waals surface area contributed by atoms with Crippen LogP contribution in [0.5, 0.6) is 0 Å². The van der Waals surface area contributed by atoms with Crippen LogP contribution in [0.1, 0.15) is 51.2 Å². The molecule has 2 rings (SSSR count). The van der Waals surface area contributed by atoms with E-state index in [2.05, 4.69) is 43.4 Å². The maximum absolute atomic E-state index is 4.69. The lowest BCUT2D eigenvalue weighted by molar-refractivity contribution is 0.491. The summed E-state index contributed by atoms with van der Waals surface area (Å²) in [6.07, 6.45) is 2.80. The lowest BCUT2D eigenvalue weighted by Crippen LogP contribution is -2.27. The van der Waals surface area contributed by atoms with Gasteiger partial charge in [-0.1, -0.05) is 20.8 Å². The van der Waals surface area contributed by atoms with Crippen molar-refractivity contribution in [2.24, 2.45) is 5.92 Å². The van der Waals surface area contributed by atoms with Gasteiger partial charge in [-0.25, -0.2) is 4.98 Å². The van der Waals surface area contributed by atoms with E-state index in [1.54, 1.807) is 11.3 Å². The zero-order valence-corrected chi connectivity index (χ0v) is 11.5. The third-order valence-corrected chi connectivity index (χ3v) is 4.44. The Kier molecular flexibility index (Phi) is 3.36. The Morgan fingerprint density at radius 1 is 1.50 bits per heavy atom. The van der Waals surface area contributed by atoms with Gasteiger partial charge in [0.25, 0.3) is 0 Å². The van der Waals surface area contributed by atoms with E-state index >= 15 is 0 Å². The van der Waals surface area contributed by atoms with Gasteiger partial charge >= 0.3 is 0 Å². The fourth-order valence-electron chi connectivity index (χ4n) is 1.76. The highest BCUT2D eigenvalue weighted by molar-refractivity contribution is 7.09. The molecule has 1 aromatic rings. The Labute approximate surface area is 102 Å². The fourth-order valence-corrected chi connectivity index (χ4v) is 2.67. The molecule has 1 aliphatic carbocycles. The summed E-state index contributed by atoms with van der Waals surface area (Å²) in [6.45, 7) is 9.86. The summed E-state index contributed by atoms with van der Waals surface area (Å²) in [7, 11) is 0. The van der Waals surface area contributed by atoms with E-state index in [4.69, 9.17) is 0 Å². The Balaban J connectivity index is 1.87. The zero-order chi connectivity index (χ0) is 11.8. The van der Waals surface area contributed by atoms with Crippen LogP contribution in [0.25, 0.3) is 0 Å². The lowest BCUT2D eigenvalue weighted by atomic mass is 9.98. The molecule has 1 aromatic heterocycles. The van der Waals surface area contributed by atoms with Gasteiger partial charge in [0, 0.05) is 23.4 Å². The molecule has 3 heteroatoms. The van der Waals surface area contributed by atoms with Crippen molar-refractivity contribution in [2.75, 3.05) is 0 Å². The monoisotopic (exact) mass is 238 g/mol. The van der Waals surface area contributed by atoms with E-state index in [9.17, 15) is 0 Å². The first-order valence-electron chi connectivity index (χ1n) is 6.15. The summed E-state index contributed by atoms with van der Waals surface area (Å²) in [5, 5.41) is 7.00. The topological polar surface area (TPSA) is 24.9 Å². The fraction of sp³-hybridized carbons (Fsp3) is 0.769. The number of rotatable bonds is 4. The maximum atomic E-state index is 4.69. The summed E-state index contributed by atoms with van der Waals surface area (Å²) < 4.78 is 0. The van der Waals surface area contributed by atoms with Gasteiger partial charge in [0.15, 0.2) is 0 Å². The molecule has 0 spiro atoms. The summed E-state index contributed by atoms with van der Waals surface area (Å²) in [5.74, 6) is 0.917. The number of aromatic nitrogens is 1. The summed E-state index contributed by atoms with van der Waals surface area (Å²) in [6, 6.07) is 0.653. The molecule has 0 saturated heterocycles. The minimum absolute atomic E-state index is 0.186. The highest BCUT2D eigenvalue weighted by atomic mass is 32.1. The largest absolute Gasteiger partial charge is 0.308 e. The van der Waals surface area contributed by atoms with E-state index in [1.165, 1.54) is 23.5 Å². The average Bonchev–Trinajstić information content (AvgIpc) is 2.92. The van der Waals surface area contributed by atoms with Crippen molar-refractivity contribution in [3.63, 3.8) is 0 Å². The molecule has 0 aliphatic heterocycles. The predicted molar refractivity (Wildman–Crippen MR) is 69.8 cm³/mol. The summed E-state index contributed by atoms with van der Waals surface area (Å²) in [5.41, 5.74) is 1.38. The van der Waals surface area contributed by atoms with E-state index in [0.717, 1.165) is 12.5 Å². The first-order chi connectivity index (χ1) is 7.47. The SMILES string of the molecule is CC(NCc1csc(C(C)(C)C)n1)C1CC1. The van der Waals surface area contributed by atoms with Gasteiger partial charge in [0.05, 0.1) is 10.7 Å². The van der Waals surface area contributed by atoms with Crippen LogP contribution in [0.4, 0.5) is 0 Å². The van der Waals surface area contributed by atoms with Crippen LogP contribution in [0.2, 0.25) is 0 Å². The third kappa shape index (κ3) is 3.05. The van der Waals surface area contributed by atoms with Crippen molar-refractivity contribution < 1.29 is 0 Å². The van der Waals surface area contributed by atoms with Crippen LogP contribution in [0.3, 0.4) is 0 Å². The second-order valence-electron chi connectivity index (χ2n) is 5.90. The molecule has 0 radical (unpaired) electrons. The highest BCUT2D eigenvalue weighted by Gasteiger charge is 2.27. The zero-order valence-electron chi connectivity index (χ0n) is 10.7. The molecule has 1 saturated carbocycles. The van der Waals surface area contributed by atoms with E-state index in [0.29, 0.717) is 6.04 Å². The van der Waals surface area contributed by atoms with Crippen molar-refractivity contribution in [3.05, 3.63) is 16.1 Å². The van der Waals surface area contributed by atoms with Crippen LogP contribution >= 0.6 is 11.3 Å². The number of hydrogen-bond donors (Lipinski definition) is 1. The van der Waals surface area contributed by atoms with Crippen molar-refractivity contribution in [1.82, 2.24) is 10.3 Å². The van der Waals surface area contributed by atoms with Gasteiger partial charge < -0.3 is 5.32 Å². The van der Waals surface area contributed by atoms with Crippen molar-refractivity contribution >= 4 is 11.3 Å². The van der Waals surface area contributed by atoms with Gasteiger partial charge in [0.1, 0.15) is 0 Å². The first kappa shape index (κ1) is 12.1. The Morgan fingerprint density at radius 2 is 2.19 bits per heavy atom. The van der Waals surface area contributed by atoms with Crippen LogP contribution < -0.4 is 5.32 Å². The van der Waals surface area contributed by atoms with Crippen LogP contribution in [-0.2, 0) is 12.0 Å². The maximum Gasteiger partial charge on any atom is 0.0982 e. The first-order valence-corrected chi connectivity index (χ1v) is 7.03. The van der Waals surface area contributed by atoms with Gasteiger partial charge in [-0.2, -0.15) is 0 Å². The minimum Gasteiger partial charge on any atom is -0.308 e. The Bertz CT molecular complexity index is 347. The van der Waals surface area contributed by atoms with E-state index in [-0.39, 0.29) is 5.41 Å². The molecule has 1 N–H and O–H groups in total. The second kappa shape index (κ2) is 4.46. The number of nitrogens with one attached hydrogen (secondary N) is 1. The third-order valence-electron chi connectivity index (χ3n) is 3.13. The van der Waals surface area contributed by atoms with Gasteiger partial charge in [0.2, 0.25) is 0 Å². The molecule has 90 valence electrons. The predicted octanol–water partition coefficient (Wildman–Crippen LogP) is 3.33. The smallest absolute Gasteiger partial charge is 0.0982 e. The Morgan fingerprint density at radius 3 is 2.69 bits per heavy atom. The lowest BCUT2D eigenvalue weighted by Gasteiger charge is -2.14. The van der Waals surface area contributed by atoms with Crippen molar-refractivity contribution in [2.45, 2.75) is 58.5 Å². The Hall–Kier alpha value is -0.410. The summed E-state index contributed by atoms with van der Waals surface area (Å²) >= 11 is 1.78. The summed E-state index contributed by atoms with van der Waals surface area (Å²) in [4.78, 5) is 4.69. The van der Waals surface area contributed by atoms with E-state index in [1.807, 2.05) is 0 Å². The van der Waals surface area contributed by atoms with Crippen LogP contribution in [0.15, 0.2) is 5.38 Å². The van der Waals surface area contributed by atoms with Crippen LogP contribution in [-0.4, -0.2) is 11.0 Å². The molecule has 1 atom stereocenters. The molecule has 1 unspecified atom stereocenters. The minimum atomic E-state index is 0.186. The second-order valence-corrected chi connectivity index (χ2v) is 6.76. The average molecular weight is 238 g/mol. The molecule has 0 amide bonds. The number of hydrogen-bond acceptors (Lipinski definition) is 3. The van der Waals surface area contributed by atoms with Crippen molar-refractivity contribution in [3.8, 4) is 0 Å². The molecule has 1 fully saturated rings. The standard InChI is InChI=1S/C13H22N2S/c1-9(10-5-6-10)14-7-11-8-16-12(15-11)13(2,3)4/h8-10,14H,5-7H2,1-4H3. The molecule has 1 heterocycles. The normalized spacial score (nSPS) is 18.8. The van der Waals surface area contributed by atoms with Crippen molar-refractivity contribution in [1.29, 1.82) is 0 Å². The molecule has 2 nitrogen and oxygen atoms in total. The van der Waals surface area contributed by atoms with E-state index < -0.39 is 0 Å². The van der Waals surface area contributed by atoms with Gasteiger partial charge in [-0.15, -0.1) is 11.3 Å². The molecule has 1 aliphatic rings. The van der Waals surface area contributed by atoms with Crippen LogP contribution in [0, 0.1) is 5.92 Å². The quantitative estimate of drug-likeness (QED) is 0.870. The van der Waals surface area contributed by atoms with Gasteiger partial charge in [-0.3, -0.25) is 0 Å². The molecular weight excluding hydrogens is 216 g/mol. The number of thiazole rings is 1.